The lowest BCUT2D eigenvalue weighted by atomic mass is 10.1. The van der Waals surface area contributed by atoms with E-state index in [0.29, 0.717) is 24.3 Å². The van der Waals surface area contributed by atoms with Gasteiger partial charge in [-0.2, -0.15) is 0 Å². The molecular weight excluding hydrogens is 372 g/mol. The summed E-state index contributed by atoms with van der Waals surface area (Å²) in [6, 6.07) is 20.7. The number of hydrogen-bond donors (Lipinski definition) is 1. The molecule has 0 heterocycles. The summed E-state index contributed by atoms with van der Waals surface area (Å²) in [5, 5.41) is 1.91. The Labute approximate surface area is 168 Å². The molecule has 0 saturated carbocycles. The van der Waals surface area contributed by atoms with E-state index in [4.69, 9.17) is 0 Å². The zero-order valence-electron chi connectivity index (χ0n) is 16.0. The second-order valence-electron chi connectivity index (χ2n) is 6.44. The monoisotopic (exact) mass is 396 g/mol. The van der Waals surface area contributed by atoms with Gasteiger partial charge in [-0.3, -0.25) is 13.7 Å². The first-order valence-electron chi connectivity index (χ1n) is 9.29. The van der Waals surface area contributed by atoms with Crippen LogP contribution in [0.5, 0.6) is 0 Å². The first kappa shape index (κ1) is 20.0. The molecular formula is C22H24N2O3S. The molecule has 1 amide bonds. The third-order valence-corrected chi connectivity index (χ3v) is 5.48. The predicted molar refractivity (Wildman–Crippen MR) is 115 cm³/mol. The van der Waals surface area contributed by atoms with Crippen molar-refractivity contribution in [2.45, 2.75) is 20.4 Å². The molecule has 0 spiro atoms. The second-order valence-corrected chi connectivity index (χ2v) is 7.35. The molecule has 0 saturated heterocycles. The molecule has 0 aliphatic heterocycles. The van der Waals surface area contributed by atoms with Gasteiger partial charge in [0.25, 0.3) is 17.2 Å². The van der Waals surface area contributed by atoms with Crippen molar-refractivity contribution in [2.75, 3.05) is 17.4 Å². The van der Waals surface area contributed by atoms with E-state index in [1.165, 1.54) is 4.31 Å². The van der Waals surface area contributed by atoms with Gasteiger partial charge in [0.2, 0.25) is 0 Å². The van der Waals surface area contributed by atoms with E-state index in [1.807, 2.05) is 68.4 Å². The molecule has 1 N–H and O–H groups in total. The average molecular weight is 397 g/mol. The molecule has 0 bridgehead atoms. The number of fused-ring (bicyclic) bond motifs is 1. The lowest BCUT2D eigenvalue weighted by molar-refractivity contribution is 0.0773. The van der Waals surface area contributed by atoms with E-state index in [1.54, 1.807) is 17.0 Å². The molecule has 3 aromatic carbocycles. The molecule has 1 unspecified atom stereocenters. The van der Waals surface area contributed by atoms with Crippen LogP contribution in [-0.4, -0.2) is 32.7 Å². The zero-order chi connectivity index (χ0) is 20.1. The number of carbonyl (C=O) groups is 1. The molecule has 3 rings (SSSR count). The molecule has 0 aliphatic rings. The lowest BCUT2D eigenvalue weighted by Gasteiger charge is -2.23. The van der Waals surface area contributed by atoms with Crippen LogP contribution in [0.25, 0.3) is 10.8 Å². The van der Waals surface area contributed by atoms with Gasteiger partial charge in [0.05, 0.1) is 12.2 Å². The molecule has 28 heavy (non-hydrogen) atoms. The fourth-order valence-corrected chi connectivity index (χ4v) is 3.90. The Morgan fingerprint density at radius 3 is 2.36 bits per heavy atom. The highest BCUT2D eigenvalue weighted by Crippen LogP contribution is 2.29. The minimum absolute atomic E-state index is 0.0336. The van der Waals surface area contributed by atoms with Crippen LogP contribution in [0.15, 0.2) is 66.7 Å². The molecule has 0 aromatic heterocycles. The van der Waals surface area contributed by atoms with Gasteiger partial charge < -0.3 is 4.90 Å². The van der Waals surface area contributed by atoms with Crippen molar-refractivity contribution in [3.05, 3.63) is 77.9 Å². The molecule has 0 radical (unpaired) electrons. The van der Waals surface area contributed by atoms with E-state index >= 15 is 0 Å². The fraction of sp³-hybridized carbons (Fsp3) is 0.227. The molecule has 6 heteroatoms. The predicted octanol–water partition coefficient (Wildman–Crippen LogP) is 4.47. The average Bonchev–Trinajstić information content (AvgIpc) is 2.72. The quantitative estimate of drug-likeness (QED) is 0.600. The highest BCUT2D eigenvalue weighted by molar-refractivity contribution is 7.80. The van der Waals surface area contributed by atoms with Gasteiger partial charge >= 0.3 is 0 Å². The number of hydrogen-bond acceptors (Lipinski definition) is 2. The van der Waals surface area contributed by atoms with E-state index in [0.717, 1.165) is 16.3 Å². The number of amides is 1. The van der Waals surface area contributed by atoms with Gasteiger partial charge in [-0.25, -0.2) is 4.21 Å². The van der Waals surface area contributed by atoms with Gasteiger partial charge in [-0.15, -0.1) is 0 Å². The van der Waals surface area contributed by atoms with Crippen molar-refractivity contribution in [3.8, 4) is 0 Å². The summed E-state index contributed by atoms with van der Waals surface area (Å²) in [5.74, 6) is -0.0336. The number of carbonyl (C=O) groups excluding carboxylic acids is 1. The topological polar surface area (TPSA) is 60.9 Å². The standard InChI is InChI=1S/C22H24N2O3S/c1-3-23(4-2)22(25)19-12-7-9-17(15-19)16-24(28(26)27)21-14-8-11-18-10-5-6-13-20(18)21/h5-15H,3-4,16H2,1-2H3,(H,26,27). The van der Waals surface area contributed by atoms with Crippen LogP contribution in [0.2, 0.25) is 0 Å². The molecule has 0 aliphatic carbocycles. The fourth-order valence-electron chi connectivity index (χ4n) is 3.31. The maximum Gasteiger partial charge on any atom is 0.262 e. The van der Waals surface area contributed by atoms with Crippen molar-refractivity contribution in [3.63, 3.8) is 0 Å². The third-order valence-electron chi connectivity index (χ3n) is 4.77. The van der Waals surface area contributed by atoms with Crippen LogP contribution in [0, 0.1) is 0 Å². The highest BCUT2D eigenvalue weighted by Gasteiger charge is 2.18. The number of benzene rings is 3. The number of anilines is 1. The molecule has 0 fully saturated rings. The lowest BCUT2D eigenvalue weighted by Crippen LogP contribution is -2.30. The SMILES string of the molecule is CCN(CC)C(=O)c1cccc(CN(c2cccc3ccccc23)S(=O)O)c1. The minimum Gasteiger partial charge on any atom is -0.339 e. The van der Waals surface area contributed by atoms with Gasteiger partial charge in [0.1, 0.15) is 0 Å². The number of rotatable bonds is 7. The first-order chi connectivity index (χ1) is 13.5. The zero-order valence-corrected chi connectivity index (χ0v) is 16.9. The summed E-state index contributed by atoms with van der Waals surface area (Å²) in [7, 11) is 0. The smallest absolute Gasteiger partial charge is 0.262 e. The number of nitrogens with zero attached hydrogens (tertiary/aromatic N) is 2. The Balaban J connectivity index is 1.95. The van der Waals surface area contributed by atoms with Crippen molar-refractivity contribution in [1.82, 2.24) is 4.90 Å². The van der Waals surface area contributed by atoms with Crippen LogP contribution < -0.4 is 4.31 Å². The Bertz CT molecular complexity index is 996. The van der Waals surface area contributed by atoms with E-state index in [-0.39, 0.29) is 12.5 Å². The normalized spacial score (nSPS) is 12.0. The van der Waals surface area contributed by atoms with Gasteiger partial charge in [0, 0.05) is 24.0 Å². The second kappa shape index (κ2) is 8.99. The summed E-state index contributed by atoms with van der Waals surface area (Å²) in [6.45, 7) is 5.39. The van der Waals surface area contributed by atoms with Gasteiger partial charge in [-0.1, -0.05) is 48.5 Å². The van der Waals surface area contributed by atoms with E-state index < -0.39 is 11.3 Å². The summed E-state index contributed by atoms with van der Waals surface area (Å²) >= 11 is -2.20. The maximum absolute atomic E-state index is 12.6. The molecule has 3 aromatic rings. The molecule has 146 valence electrons. The first-order valence-corrected chi connectivity index (χ1v) is 10.4. The summed E-state index contributed by atoms with van der Waals surface area (Å²) in [5.41, 5.74) is 2.07. The van der Waals surface area contributed by atoms with Crippen molar-refractivity contribution >= 4 is 33.6 Å². The van der Waals surface area contributed by atoms with Gasteiger partial charge in [-0.05, 0) is 43.0 Å². The van der Waals surface area contributed by atoms with E-state index in [9.17, 15) is 13.6 Å². The Hall–Kier alpha value is -2.70. The summed E-state index contributed by atoms with van der Waals surface area (Å²) in [4.78, 5) is 14.4. The summed E-state index contributed by atoms with van der Waals surface area (Å²) in [6.07, 6.45) is 0. The molecule has 5 nitrogen and oxygen atoms in total. The van der Waals surface area contributed by atoms with E-state index in [2.05, 4.69) is 0 Å². The Kier molecular flexibility index (Phi) is 6.44. The van der Waals surface area contributed by atoms with Crippen molar-refractivity contribution < 1.29 is 13.6 Å². The van der Waals surface area contributed by atoms with Crippen LogP contribution in [0.4, 0.5) is 5.69 Å². The highest BCUT2D eigenvalue weighted by atomic mass is 32.2. The van der Waals surface area contributed by atoms with Crippen LogP contribution >= 0.6 is 0 Å². The van der Waals surface area contributed by atoms with Crippen LogP contribution in [0.3, 0.4) is 0 Å². The van der Waals surface area contributed by atoms with Crippen molar-refractivity contribution in [2.24, 2.45) is 0 Å². The Morgan fingerprint density at radius 1 is 0.964 bits per heavy atom. The Morgan fingerprint density at radius 2 is 1.64 bits per heavy atom. The van der Waals surface area contributed by atoms with Gasteiger partial charge in [0.15, 0.2) is 0 Å². The van der Waals surface area contributed by atoms with Crippen molar-refractivity contribution in [1.29, 1.82) is 0 Å². The van der Waals surface area contributed by atoms with Crippen LogP contribution in [0.1, 0.15) is 29.8 Å². The summed E-state index contributed by atoms with van der Waals surface area (Å²) < 4.78 is 23.5. The van der Waals surface area contributed by atoms with Crippen LogP contribution in [-0.2, 0) is 17.8 Å². The maximum atomic E-state index is 12.6. The largest absolute Gasteiger partial charge is 0.339 e. The molecule has 1 atom stereocenters. The third kappa shape index (κ3) is 4.24. The minimum atomic E-state index is -2.20.